The Bertz CT molecular complexity index is 768. The van der Waals surface area contributed by atoms with Crippen LogP contribution in [0.25, 0.3) is 0 Å². The molecular formula is C14H16F3N5O3. The van der Waals surface area contributed by atoms with Crippen LogP contribution in [0.1, 0.15) is 36.1 Å². The van der Waals surface area contributed by atoms with Gasteiger partial charge in [0, 0.05) is 18.4 Å². The lowest BCUT2D eigenvalue weighted by atomic mass is 10.2. The van der Waals surface area contributed by atoms with E-state index in [9.17, 15) is 22.8 Å². The lowest BCUT2D eigenvalue weighted by Crippen LogP contribution is -2.39. The quantitative estimate of drug-likeness (QED) is 0.815. The number of nitrogens with one attached hydrogen (secondary N) is 1. The second-order valence-corrected chi connectivity index (χ2v) is 5.49. The van der Waals surface area contributed by atoms with Gasteiger partial charge in [-0.25, -0.2) is 4.79 Å². The van der Waals surface area contributed by atoms with Crippen LogP contribution in [0.3, 0.4) is 0 Å². The summed E-state index contributed by atoms with van der Waals surface area (Å²) in [6.07, 6.45) is -1.97. The number of carboxylic acid groups (broad SMARTS) is 1. The van der Waals surface area contributed by atoms with Gasteiger partial charge in [0.2, 0.25) is 5.91 Å². The standard InChI is InChI=1S/C14H16F3N5O3/c1-8(7-21-5-4-11(20-21)14(15,16)17)18-12(23)9(2)22-6-3-10(19-22)13(24)25/h3-6,8-9H,7H2,1-2H3,(H,18,23)(H,24,25). The van der Waals surface area contributed by atoms with E-state index >= 15 is 0 Å². The van der Waals surface area contributed by atoms with Gasteiger partial charge in [0.15, 0.2) is 11.4 Å². The van der Waals surface area contributed by atoms with E-state index in [1.165, 1.54) is 30.1 Å². The molecule has 2 atom stereocenters. The van der Waals surface area contributed by atoms with E-state index in [0.717, 1.165) is 10.7 Å². The SMILES string of the molecule is CC(Cn1ccc(C(F)(F)F)n1)NC(=O)C(C)n1ccc(C(=O)O)n1. The average molecular weight is 359 g/mol. The monoisotopic (exact) mass is 359 g/mol. The molecule has 0 saturated heterocycles. The van der Waals surface area contributed by atoms with Crippen molar-refractivity contribution < 1.29 is 27.9 Å². The van der Waals surface area contributed by atoms with Crippen molar-refractivity contribution in [2.24, 2.45) is 0 Å². The molecule has 136 valence electrons. The summed E-state index contributed by atoms with van der Waals surface area (Å²) in [4.78, 5) is 23.0. The van der Waals surface area contributed by atoms with E-state index in [0.29, 0.717) is 0 Å². The third-order valence-electron chi connectivity index (χ3n) is 3.38. The molecule has 2 N–H and O–H groups in total. The minimum atomic E-state index is -4.52. The van der Waals surface area contributed by atoms with Crippen molar-refractivity contribution in [3.05, 3.63) is 35.9 Å². The Kier molecular flexibility index (Phi) is 5.14. The minimum Gasteiger partial charge on any atom is -0.476 e. The van der Waals surface area contributed by atoms with Crippen LogP contribution in [0.5, 0.6) is 0 Å². The molecule has 25 heavy (non-hydrogen) atoms. The van der Waals surface area contributed by atoms with Crippen molar-refractivity contribution in [2.75, 3.05) is 0 Å². The maximum Gasteiger partial charge on any atom is 0.435 e. The molecule has 8 nitrogen and oxygen atoms in total. The Labute approximate surface area is 140 Å². The third-order valence-corrected chi connectivity index (χ3v) is 3.38. The van der Waals surface area contributed by atoms with Crippen molar-refractivity contribution >= 4 is 11.9 Å². The van der Waals surface area contributed by atoms with Crippen LogP contribution >= 0.6 is 0 Å². The van der Waals surface area contributed by atoms with Crippen LogP contribution in [0.4, 0.5) is 13.2 Å². The number of hydrogen-bond acceptors (Lipinski definition) is 4. The number of aromatic carboxylic acids is 1. The molecule has 1 amide bonds. The summed E-state index contributed by atoms with van der Waals surface area (Å²) in [5.74, 6) is -1.66. The van der Waals surface area contributed by atoms with Gasteiger partial charge in [-0.05, 0) is 26.0 Å². The van der Waals surface area contributed by atoms with E-state index in [-0.39, 0.29) is 12.2 Å². The number of carbonyl (C=O) groups is 2. The van der Waals surface area contributed by atoms with Gasteiger partial charge in [-0.1, -0.05) is 0 Å². The summed E-state index contributed by atoms with van der Waals surface area (Å²) in [6.45, 7) is 3.19. The fourth-order valence-corrected chi connectivity index (χ4v) is 2.09. The predicted molar refractivity (Wildman–Crippen MR) is 78.7 cm³/mol. The smallest absolute Gasteiger partial charge is 0.435 e. The van der Waals surface area contributed by atoms with Gasteiger partial charge < -0.3 is 10.4 Å². The first kappa shape index (κ1) is 18.5. The van der Waals surface area contributed by atoms with E-state index in [1.54, 1.807) is 6.92 Å². The van der Waals surface area contributed by atoms with Crippen LogP contribution in [0.2, 0.25) is 0 Å². The van der Waals surface area contributed by atoms with E-state index in [2.05, 4.69) is 15.5 Å². The number of halogens is 3. The molecule has 0 aliphatic rings. The Morgan fingerprint density at radius 1 is 1.24 bits per heavy atom. The highest BCUT2D eigenvalue weighted by Gasteiger charge is 2.33. The number of rotatable bonds is 6. The molecule has 0 fully saturated rings. The predicted octanol–water partition coefficient (Wildman–Crippen LogP) is 1.56. The molecule has 2 rings (SSSR count). The Morgan fingerprint density at radius 3 is 2.44 bits per heavy atom. The van der Waals surface area contributed by atoms with Crippen LogP contribution in [-0.4, -0.2) is 42.6 Å². The van der Waals surface area contributed by atoms with Crippen LogP contribution in [0, 0.1) is 0 Å². The molecule has 0 aliphatic heterocycles. The number of alkyl halides is 3. The topological polar surface area (TPSA) is 102 Å². The molecule has 2 unspecified atom stereocenters. The summed E-state index contributed by atoms with van der Waals surface area (Å²) in [7, 11) is 0. The van der Waals surface area contributed by atoms with Crippen molar-refractivity contribution in [2.45, 2.75) is 38.7 Å². The Morgan fingerprint density at radius 2 is 1.92 bits per heavy atom. The fourth-order valence-electron chi connectivity index (χ4n) is 2.09. The lowest BCUT2D eigenvalue weighted by molar-refractivity contribution is -0.141. The molecule has 0 radical (unpaired) electrons. The summed E-state index contributed by atoms with van der Waals surface area (Å²) in [5.41, 5.74) is -1.19. The fraction of sp³-hybridized carbons (Fsp3) is 0.429. The van der Waals surface area contributed by atoms with Gasteiger partial charge in [-0.15, -0.1) is 0 Å². The lowest BCUT2D eigenvalue weighted by Gasteiger charge is -2.18. The number of aromatic nitrogens is 4. The van der Waals surface area contributed by atoms with Gasteiger partial charge in [-0.3, -0.25) is 14.2 Å². The maximum atomic E-state index is 12.5. The zero-order valence-corrected chi connectivity index (χ0v) is 13.4. The normalized spacial score (nSPS) is 14.1. The largest absolute Gasteiger partial charge is 0.476 e. The number of hydrogen-bond donors (Lipinski definition) is 2. The molecule has 0 bridgehead atoms. The van der Waals surface area contributed by atoms with Gasteiger partial charge in [0.25, 0.3) is 0 Å². The molecule has 0 aromatic carbocycles. The summed E-state index contributed by atoms with van der Waals surface area (Å²) >= 11 is 0. The Hall–Kier alpha value is -2.85. The first-order chi connectivity index (χ1) is 11.6. The van der Waals surface area contributed by atoms with Gasteiger partial charge >= 0.3 is 12.1 Å². The number of carbonyl (C=O) groups excluding carboxylic acids is 1. The molecule has 0 saturated carbocycles. The van der Waals surface area contributed by atoms with Crippen LogP contribution in [-0.2, 0) is 17.5 Å². The van der Waals surface area contributed by atoms with Crippen molar-refractivity contribution in [3.63, 3.8) is 0 Å². The first-order valence-electron chi connectivity index (χ1n) is 7.27. The molecule has 2 aromatic rings. The zero-order valence-electron chi connectivity index (χ0n) is 13.4. The summed E-state index contributed by atoms with van der Waals surface area (Å²) in [6, 6.07) is 0.844. The number of amides is 1. The maximum absolute atomic E-state index is 12.5. The second-order valence-electron chi connectivity index (χ2n) is 5.49. The second kappa shape index (κ2) is 6.95. The number of nitrogens with zero attached hydrogens (tertiary/aromatic N) is 4. The molecule has 0 aliphatic carbocycles. The van der Waals surface area contributed by atoms with Crippen LogP contribution < -0.4 is 5.32 Å². The van der Waals surface area contributed by atoms with Crippen molar-refractivity contribution in [1.29, 1.82) is 0 Å². The first-order valence-corrected chi connectivity index (χ1v) is 7.27. The van der Waals surface area contributed by atoms with Crippen molar-refractivity contribution in [1.82, 2.24) is 24.9 Å². The number of carboxylic acids is 1. The minimum absolute atomic E-state index is 0.0496. The summed E-state index contributed by atoms with van der Waals surface area (Å²) in [5, 5.41) is 18.6. The van der Waals surface area contributed by atoms with E-state index < -0.39 is 35.8 Å². The Balaban J connectivity index is 1.94. The zero-order chi connectivity index (χ0) is 18.8. The molecular weight excluding hydrogens is 343 g/mol. The van der Waals surface area contributed by atoms with Gasteiger partial charge in [0.05, 0.1) is 6.54 Å². The van der Waals surface area contributed by atoms with E-state index in [1.807, 2.05) is 0 Å². The summed E-state index contributed by atoms with van der Waals surface area (Å²) < 4.78 is 39.8. The molecule has 11 heteroatoms. The molecule has 0 spiro atoms. The third kappa shape index (κ3) is 4.58. The average Bonchev–Trinajstić information content (AvgIpc) is 3.14. The van der Waals surface area contributed by atoms with Gasteiger partial charge in [-0.2, -0.15) is 23.4 Å². The van der Waals surface area contributed by atoms with Crippen molar-refractivity contribution in [3.8, 4) is 0 Å². The van der Waals surface area contributed by atoms with E-state index in [4.69, 9.17) is 5.11 Å². The highest BCUT2D eigenvalue weighted by atomic mass is 19.4. The highest BCUT2D eigenvalue weighted by molar-refractivity contribution is 5.85. The highest BCUT2D eigenvalue weighted by Crippen LogP contribution is 2.27. The van der Waals surface area contributed by atoms with Gasteiger partial charge in [0.1, 0.15) is 6.04 Å². The molecule has 2 aromatic heterocycles. The van der Waals surface area contributed by atoms with Crippen LogP contribution in [0.15, 0.2) is 24.5 Å². The molecule has 2 heterocycles.